The summed E-state index contributed by atoms with van der Waals surface area (Å²) in [6, 6.07) is 12.8. The average Bonchev–Trinajstić information content (AvgIpc) is 3.01. The standard InChI is InChI=1S/C35H24F7N3O/c1-2-3-4-5-20-18-44-34(45-19-20)22-8-6-21(7-9-22)23-12-31(39)33(32(40)13-23)35(41,42)46-25-10-11-26(30(38)16-25)24-14-28(36)27(17-43)29(37)15-24/h6-16,18-19H,2-5H2,1H3. The van der Waals surface area contributed by atoms with E-state index in [-0.39, 0.29) is 11.1 Å². The molecule has 0 radical (unpaired) electrons. The molecule has 0 N–H and O–H groups in total. The molecule has 234 valence electrons. The van der Waals surface area contributed by atoms with Crippen molar-refractivity contribution in [2.45, 2.75) is 38.7 Å². The second-order valence-corrected chi connectivity index (χ2v) is 10.5. The maximum absolute atomic E-state index is 15.0. The minimum absolute atomic E-state index is 0.0226. The number of rotatable bonds is 10. The van der Waals surface area contributed by atoms with Crippen molar-refractivity contribution >= 4 is 0 Å². The van der Waals surface area contributed by atoms with Gasteiger partial charge >= 0.3 is 6.11 Å². The Balaban J connectivity index is 1.33. The van der Waals surface area contributed by atoms with E-state index >= 15 is 17.6 Å². The molecule has 0 aliphatic rings. The van der Waals surface area contributed by atoms with Gasteiger partial charge < -0.3 is 4.74 Å². The highest BCUT2D eigenvalue weighted by Gasteiger charge is 2.41. The lowest BCUT2D eigenvalue weighted by molar-refractivity contribution is -0.189. The van der Waals surface area contributed by atoms with E-state index in [1.54, 1.807) is 36.7 Å². The van der Waals surface area contributed by atoms with Crippen LogP contribution in [-0.4, -0.2) is 9.97 Å². The molecule has 0 atom stereocenters. The third kappa shape index (κ3) is 6.86. The number of aromatic nitrogens is 2. The zero-order valence-electron chi connectivity index (χ0n) is 24.2. The van der Waals surface area contributed by atoms with Crippen LogP contribution in [0.15, 0.2) is 79.1 Å². The van der Waals surface area contributed by atoms with Crippen molar-refractivity contribution in [3.05, 3.63) is 125 Å². The van der Waals surface area contributed by atoms with Crippen LogP contribution in [0.1, 0.15) is 42.9 Å². The molecule has 11 heteroatoms. The normalized spacial score (nSPS) is 11.4. The summed E-state index contributed by atoms with van der Waals surface area (Å²) in [6.07, 6.45) is 3.05. The van der Waals surface area contributed by atoms with Crippen LogP contribution >= 0.6 is 0 Å². The van der Waals surface area contributed by atoms with E-state index in [2.05, 4.69) is 21.6 Å². The SMILES string of the molecule is CCCCCc1cnc(-c2ccc(-c3cc(F)c(C(F)(F)Oc4ccc(-c5cc(F)c(C#N)c(F)c5)c(F)c4)c(F)c3)cc2)nc1. The highest BCUT2D eigenvalue weighted by Crippen LogP contribution is 2.38. The number of ether oxygens (including phenoxy) is 1. The quantitative estimate of drug-likeness (QED) is 0.113. The van der Waals surface area contributed by atoms with E-state index in [1.807, 2.05) is 0 Å². The van der Waals surface area contributed by atoms with Crippen LogP contribution in [0, 0.1) is 40.4 Å². The lowest BCUT2D eigenvalue weighted by Crippen LogP contribution is -2.25. The van der Waals surface area contributed by atoms with Crippen LogP contribution in [0.5, 0.6) is 5.75 Å². The number of hydrogen-bond donors (Lipinski definition) is 0. The topological polar surface area (TPSA) is 58.8 Å². The first kappa shape index (κ1) is 32.2. The number of alkyl halides is 2. The molecule has 0 aliphatic heterocycles. The summed E-state index contributed by atoms with van der Waals surface area (Å²) in [6.45, 7) is 2.12. The Bertz CT molecular complexity index is 1880. The van der Waals surface area contributed by atoms with Gasteiger partial charge in [-0.15, -0.1) is 0 Å². The maximum atomic E-state index is 15.0. The van der Waals surface area contributed by atoms with Crippen LogP contribution in [-0.2, 0) is 12.5 Å². The molecule has 0 bridgehead atoms. The number of benzene rings is 4. The van der Waals surface area contributed by atoms with Crippen LogP contribution in [0.25, 0.3) is 33.6 Å². The Hall–Kier alpha value is -5.24. The molecule has 46 heavy (non-hydrogen) atoms. The second-order valence-electron chi connectivity index (χ2n) is 10.5. The smallest absolute Gasteiger partial charge is 0.429 e. The van der Waals surface area contributed by atoms with Crippen molar-refractivity contribution in [3.63, 3.8) is 0 Å². The van der Waals surface area contributed by atoms with Gasteiger partial charge in [-0.3, -0.25) is 0 Å². The van der Waals surface area contributed by atoms with Crippen LogP contribution < -0.4 is 4.74 Å². The molecule has 0 saturated heterocycles. The third-order valence-electron chi connectivity index (χ3n) is 7.24. The molecule has 0 aliphatic carbocycles. The maximum Gasteiger partial charge on any atom is 0.432 e. The summed E-state index contributed by atoms with van der Waals surface area (Å²) in [5, 5.41) is 8.80. The zero-order valence-corrected chi connectivity index (χ0v) is 24.2. The minimum atomic E-state index is -4.57. The molecule has 0 unspecified atom stereocenters. The van der Waals surface area contributed by atoms with Crippen LogP contribution in [0.4, 0.5) is 30.7 Å². The molecule has 0 fully saturated rings. The highest BCUT2D eigenvalue weighted by atomic mass is 19.3. The number of aryl methyl sites for hydroxylation is 1. The number of halogens is 7. The number of nitrogens with zero attached hydrogens (tertiary/aromatic N) is 3. The van der Waals surface area contributed by atoms with Gasteiger partial charge in [0.05, 0.1) is 0 Å². The number of unbranched alkanes of at least 4 members (excludes halogenated alkanes) is 2. The zero-order chi connectivity index (χ0) is 33.0. The lowest BCUT2D eigenvalue weighted by Gasteiger charge is -2.20. The molecule has 1 heterocycles. The van der Waals surface area contributed by atoms with Crippen molar-refractivity contribution < 1.29 is 35.5 Å². The lowest BCUT2D eigenvalue weighted by atomic mass is 10.0. The van der Waals surface area contributed by atoms with Gasteiger partial charge in [-0.25, -0.2) is 31.9 Å². The summed E-state index contributed by atoms with van der Waals surface area (Å²) in [7, 11) is 0. The van der Waals surface area contributed by atoms with Gasteiger partial charge in [-0.1, -0.05) is 44.0 Å². The molecule has 0 amide bonds. The Morgan fingerprint density at radius 2 is 1.28 bits per heavy atom. The Kier molecular flexibility index (Phi) is 9.37. The molecule has 1 aromatic heterocycles. The van der Waals surface area contributed by atoms with E-state index in [0.29, 0.717) is 35.2 Å². The number of nitriles is 1. The summed E-state index contributed by atoms with van der Waals surface area (Å²) in [5.74, 6) is -7.27. The van der Waals surface area contributed by atoms with Gasteiger partial charge in [-0.05, 0) is 71.5 Å². The minimum Gasteiger partial charge on any atom is -0.429 e. The van der Waals surface area contributed by atoms with E-state index in [9.17, 15) is 13.2 Å². The Labute approximate surface area is 259 Å². The fourth-order valence-corrected chi connectivity index (χ4v) is 4.87. The Morgan fingerprint density at radius 3 is 1.85 bits per heavy atom. The van der Waals surface area contributed by atoms with Gasteiger partial charge in [0.1, 0.15) is 52.0 Å². The number of hydrogen-bond acceptors (Lipinski definition) is 4. The molecular weight excluding hydrogens is 611 g/mol. The van der Waals surface area contributed by atoms with Gasteiger partial charge in [0.15, 0.2) is 5.82 Å². The average molecular weight is 636 g/mol. The van der Waals surface area contributed by atoms with Gasteiger partial charge in [0.2, 0.25) is 0 Å². The van der Waals surface area contributed by atoms with Crippen LogP contribution in [0.3, 0.4) is 0 Å². The molecule has 5 rings (SSSR count). The summed E-state index contributed by atoms with van der Waals surface area (Å²) < 4.78 is 107. The van der Waals surface area contributed by atoms with Crippen molar-refractivity contribution in [1.29, 1.82) is 5.26 Å². The largest absolute Gasteiger partial charge is 0.432 e. The summed E-state index contributed by atoms with van der Waals surface area (Å²) >= 11 is 0. The molecule has 4 aromatic carbocycles. The summed E-state index contributed by atoms with van der Waals surface area (Å²) in [5.41, 5.74) is -1.30. The highest BCUT2D eigenvalue weighted by molar-refractivity contribution is 5.69. The molecule has 0 spiro atoms. The van der Waals surface area contributed by atoms with E-state index < -0.39 is 57.6 Å². The predicted octanol–water partition coefficient (Wildman–Crippen LogP) is 9.91. The Morgan fingerprint density at radius 1 is 0.696 bits per heavy atom. The molecule has 5 aromatic rings. The van der Waals surface area contributed by atoms with Crippen molar-refractivity contribution in [3.8, 4) is 45.5 Å². The van der Waals surface area contributed by atoms with Crippen molar-refractivity contribution in [2.75, 3.05) is 0 Å². The van der Waals surface area contributed by atoms with E-state index in [4.69, 9.17) is 5.26 Å². The summed E-state index contributed by atoms with van der Waals surface area (Å²) in [4.78, 5) is 8.76. The van der Waals surface area contributed by atoms with Gasteiger partial charge in [0.25, 0.3) is 0 Å². The van der Waals surface area contributed by atoms with Gasteiger partial charge in [0, 0.05) is 29.6 Å². The second kappa shape index (κ2) is 13.4. The van der Waals surface area contributed by atoms with Crippen molar-refractivity contribution in [1.82, 2.24) is 9.97 Å². The van der Waals surface area contributed by atoms with E-state index in [0.717, 1.165) is 55.5 Å². The third-order valence-corrected chi connectivity index (χ3v) is 7.24. The monoisotopic (exact) mass is 635 g/mol. The first-order valence-corrected chi connectivity index (χ1v) is 14.2. The molecule has 4 nitrogen and oxygen atoms in total. The van der Waals surface area contributed by atoms with Crippen LogP contribution in [0.2, 0.25) is 0 Å². The molecular formula is C35H24F7N3O. The van der Waals surface area contributed by atoms with E-state index in [1.165, 1.54) is 6.07 Å². The predicted molar refractivity (Wildman–Crippen MR) is 157 cm³/mol. The van der Waals surface area contributed by atoms with Crippen molar-refractivity contribution in [2.24, 2.45) is 0 Å². The first-order valence-electron chi connectivity index (χ1n) is 14.2. The fourth-order valence-electron chi connectivity index (χ4n) is 4.87. The fraction of sp³-hybridized carbons (Fsp3) is 0.171. The first-order chi connectivity index (χ1) is 22.0. The molecule has 0 saturated carbocycles. The van der Waals surface area contributed by atoms with Gasteiger partial charge in [-0.2, -0.15) is 14.0 Å².